The molecule has 102 valence electrons. The van der Waals surface area contributed by atoms with Crippen molar-refractivity contribution in [3.63, 3.8) is 0 Å². The molecule has 0 aliphatic heterocycles. The maximum absolute atomic E-state index is 5.72. The Bertz CT molecular complexity index is 523. The zero-order valence-corrected chi connectivity index (χ0v) is 11.4. The first kappa shape index (κ1) is 13.2. The normalized spacial score (nSPS) is 12.4. The second-order valence-electron chi connectivity index (χ2n) is 4.53. The van der Waals surface area contributed by atoms with Gasteiger partial charge in [0.15, 0.2) is 0 Å². The molecule has 2 rings (SSSR count). The molecule has 2 aromatic heterocycles. The Morgan fingerprint density at radius 1 is 1.37 bits per heavy atom. The molecular formula is C11H18N8. The molecule has 0 amide bonds. The molecule has 19 heavy (non-hydrogen) atoms. The van der Waals surface area contributed by atoms with Crippen LogP contribution in [0.3, 0.4) is 0 Å². The molecule has 0 saturated carbocycles. The Kier molecular flexibility index (Phi) is 3.88. The second-order valence-corrected chi connectivity index (χ2v) is 4.53. The summed E-state index contributed by atoms with van der Waals surface area (Å²) in [6, 6.07) is 0. The summed E-state index contributed by atoms with van der Waals surface area (Å²) in [5, 5.41) is 3.98. The van der Waals surface area contributed by atoms with Crippen LogP contribution in [0.15, 0.2) is 12.7 Å². The van der Waals surface area contributed by atoms with Crippen LogP contribution in [0.5, 0.6) is 0 Å². The number of anilines is 2. The van der Waals surface area contributed by atoms with Gasteiger partial charge in [0.05, 0.1) is 0 Å². The van der Waals surface area contributed by atoms with Crippen molar-refractivity contribution in [1.82, 2.24) is 29.7 Å². The molecule has 0 radical (unpaired) electrons. The minimum absolute atomic E-state index is 0.173. The summed E-state index contributed by atoms with van der Waals surface area (Å²) < 4.78 is 1.46. The summed E-state index contributed by atoms with van der Waals surface area (Å²) in [6.45, 7) is 5.19. The standard InChI is InChI=1S/C11H18N8/c1-4-8(2)5-18(3)10-15-9(12)16-11(17-10)19-7-13-6-14-19/h6-8H,4-5H2,1-3H3,(H2,12,15,16,17). The summed E-state index contributed by atoms with van der Waals surface area (Å²) in [7, 11) is 1.94. The molecule has 0 saturated heterocycles. The van der Waals surface area contributed by atoms with E-state index in [4.69, 9.17) is 5.73 Å². The average molecular weight is 262 g/mol. The fraction of sp³-hybridized carbons (Fsp3) is 0.545. The van der Waals surface area contributed by atoms with Gasteiger partial charge in [-0.25, -0.2) is 4.98 Å². The highest BCUT2D eigenvalue weighted by Gasteiger charge is 2.12. The van der Waals surface area contributed by atoms with Gasteiger partial charge in [-0.2, -0.15) is 24.7 Å². The minimum atomic E-state index is 0.173. The van der Waals surface area contributed by atoms with Crippen molar-refractivity contribution in [1.29, 1.82) is 0 Å². The molecule has 0 fully saturated rings. The van der Waals surface area contributed by atoms with E-state index in [-0.39, 0.29) is 5.95 Å². The van der Waals surface area contributed by atoms with Gasteiger partial charge in [-0.1, -0.05) is 20.3 Å². The molecule has 2 heterocycles. The van der Waals surface area contributed by atoms with Gasteiger partial charge in [0.25, 0.3) is 5.95 Å². The number of nitrogens with zero attached hydrogens (tertiary/aromatic N) is 7. The molecule has 2 N–H and O–H groups in total. The average Bonchev–Trinajstić information content (AvgIpc) is 2.91. The van der Waals surface area contributed by atoms with E-state index >= 15 is 0 Å². The lowest BCUT2D eigenvalue weighted by Crippen LogP contribution is -2.26. The van der Waals surface area contributed by atoms with Gasteiger partial charge < -0.3 is 10.6 Å². The van der Waals surface area contributed by atoms with E-state index in [9.17, 15) is 0 Å². The summed E-state index contributed by atoms with van der Waals surface area (Å²) in [5.41, 5.74) is 5.72. The number of aromatic nitrogens is 6. The van der Waals surface area contributed by atoms with Crippen molar-refractivity contribution in [2.45, 2.75) is 20.3 Å². The summed E-state index contributed by atoms with van der Waals surface area (Å²) in [5.74, 6) is 1.64. The van der Waals surface area contributed by atoms with Crippen molar-refractivity contribution < 1.29 is 0 Å². The molecule has 0 bridgehead atoms. The van der Waals surface area contributed by atoms with Crippen LogP contribution < -0.4 is 10.6 Å². The Morgan fingerprint density at radius 2 is 2.16 bits per heavy atom. The zero-order chi connectivity index (χ0) is 13.8. The third-order valence-corrected chi connectivity index (χ3v) is 2.88. The first-order valence-electron chi connectivity index (χ1n) is 6.17. The summed E-state index contributed by atoms with van der Waals surface area (Å²) in [6.07, 6.45) is 4.04. The smallest absolute Gasteiger partial charge is 0.258 e. The van der Waals surface area contributed by atoms with E-state index in [2.05, 4.69) is 38.9 Å². The topological polar surface area (TPSA) is 98.6 Å². The molecule has 8 nitrogen and oxygen atoms in total. The van der Waals surface area contributed by atoms with E-state index in [1.165, 1.54) is 17.3 Å². The quantitative estimate of drug-likeness (QED) is 0.838. The fourth-order valence-electron chi connectivity index (χ4n) is 1.63. The molecule has 1 unspecified atom stereocenters. The lowest BCUT2D eigenvalue weighted by molar-refractivity contribution is 0.554. The van der Waals surface area contributed by atoms with Crippen molar-refractivity contribution in [2.75, 3.05) is 24.2 Å². The molecule has 0 spiro atoms. The molecule has 0 aliphatic rings. The number of nitrogens with two attached hydrogens (primary N) is 1. The minimum Gasteiger partial charge on any atom is -0.368 e. The number of rotatable bonds is 5. The van der Waals surface area contributed by atoms with Crippen molar-refractivity contribution in [2.24, 2.45) is 5.92 Å². The summed E-state index contributed by atoms with van der Waals surface area (Å²) in [4.78, 5) is 18.4. The Hall–Kier alpha value is -2.25. The van der Waals surface area contributed by atoms with E-state index in [0.717, 1.165) is 13.0 Å². The zero-order valence-electron chi connectivity index (χ0n) is 11.4. The lowest BCUT2D eigenvalue weighted by Gasteiger charge is -2.20. The van der Waals surface area contributed by atoms with E-state index in [1.54, 1.807) is 0 Å². The molecule has 1 atom stereocenters. The Balaban J connectivity index is 2.26. The molecule has 0 aliphatic carbocycles. The van der Waals surface area contributed by atoms with E-state index in [0.29, 0.717) is 17.8 Å². The van der Waals surface area contributed by atoms with Crippen molar-refractivity contribution in [3.8, 4) is 5.95 Å². The molecule has 0 aromatic carbocycles. The predicted molar refractivity (Wildman–Crippen MR) is 71.9 cm³/mol. The lowest BCUT2D eigenvalue weighted by atomic mass is 10.1. The van der Waals surface area contributed by atoms with Crippen LogP contribution in [0.1, 0.15) is 20.3 Å². The maximum Gasteiger partial charge on any atom is 0.258 e. The Morgan fingerprint density at radius 3 is 2.79 bits per heavy atom. The third-order valence-electron chi connectivity index (χ3n) is 2.88. The largest absolute Gasteiger partial charge is 0.368 e. The first-order valence-corrected chi connectivity index (χ1v) is 6.17. The van der Waals surface area contributed by atoms with Gasteiger partial charge in [0.1, 0.15) is 12.7 Å². The fourth-order valence-corrected chi connectivity index (χ4v) is 1.63. The Labute approximate surface area is 111 Å². The van der Waals surface area contributed by atoms with Crippen LogP contribution in [0.2, 0.25) is 0 Å². The van der Waals surface area contributed by atoms with Gasteiger partial charge in [0.2, 0.25) is 11.9 Å². The van der Waals surface area contributed by atoms with Gasteiger partial charge in [-0.15, -0.1) is 0 Å². The van der Waals surface area contributed by atoms with Gasteiger partial charge >= 0.3 is 0 Å². The first-order chi connectivity index (χ1) is 9.10. The number of hydrogen-bond donors (Lipinski definition) is 1. The number of nitrogen functional groups attached to an aromatic ring is 1. The predicted octanol–water partition coefficient (Wildman–Crippen LogP) is 0.517. The van der Waals surface area contributed by atoms with Gasteiger partial charge in [-0.05, 0) is 5.92 Å². The van der Waals surface area contributed by atoms with Crippen LogP contribution in [-0.2, 0) is 0 Å². The summed E-state index contributed by atoms with van der Waals surface area (Å²) >= 11 is 0. The maximum atomic E-state index is 5.72. The van der Waals surface area contributed by atoms with Crippen LogP contribution in [0.25, 0.3) is 5.95 Å². The second kappa shape index (κ2) is 5.59. The monoisotopic (exact) mass is 262 g/mol. The van der Waals surface area contributed by atoms with E-state index < -0.39 is 0 Å². The van der Waals surface area contributed by atoms with Crippen molar-refractivity contribution in [3.05, 3.63) is 12.7 Å². The van der Waals surface area contributed by atoms with Gasteiger partial charge in [0, 0.05) is 13.6 Å². The van der Waals surface area contributed by atoms with Crippen LogP contribution >= 0.6 is 0 Å². The highest BCUT2D eigenvalue weighted by atomic mass is 15.4. The van der Waals surface area contributed by atoms with Crippen LogP contribution in [0, 0.1) is 5.92 Å². The third kappa shape index (κ3) is 3.15. The van der Waals surface area contributed by atoms with Gasteiger partial charge in [-0.3, -0.25) is 0 Å². The van der Waals surface area contributed by atoms with Crippen LogP contribution in [-0.4, -0.2) is 43.3 Å². The van der Waals surface area contributed by atoms with Crippen molar-refractivity contribution >= 4 is 11.9 Å². The SMILES string of the molecule is CCC(C)CN(C)c1nc(N)nc(-n2cncn2)n1. The molecule has 2 aromatic rings. The highest BCUT2D eigenvalue weighted by Crippen LogP contribution is 2.12. The molecular weight excluding hydrogens is 244 g/mol. The molecule has 8 heteroatoms. The number of hydrogen-bond acceptors (Lipinski definition) is 7. The van der Waals surface area contributed by atoms with Crippen LogP contribution in [0.4, 0.5) is 11.9 Å². The highest BCUT2D eigenvalue weighted by molar-refractivity contribution is 5.36. The van der Waals surface area contributed by atoms with E-state index in [1.807, 2.05) is 11.9 Å².